The Morgan fingerprint density at radius 2 is 1.70 bits per heavy atom. The summed E-state index contributed by atoms with van der Waals surface area (Å²) >= 11 is 0. The first-order chi connectivity index (χ1) is 14.7. The van der Waals surface area contributed by atoms with Crippen molar-refractivity contribution in [2.75, 3.05) is 42.9 Å². The first-order valence-corrected chi connectivity index (χ1v) is 10.2. The Balaban J connectivity index is 1.21. The quantitative estimate of drug-likeness (QED) is 0.491. The van der Waals surface area contributed by atoms with Crippen LogP contribution in [0.4, 0.5) is 11.4 Å². The van der Waals surface area contributed by atoms with Crippen molar-refractivity contribution in [3.8, 4) is 5.75 Å². The van der Waals surface area contributed by atoms with E-state index in [1.807, 2.05) is 60.7 Å². The number of aromatic hydroxyl groups is 1. The van der Waals surface area contributed by atoms with Crippen LogP contribution in [0, 0.1) is 0 Å². The second-order valence-electron chi connectivity index (χ2n) is 7.76. The van der Waals surface area contributed by atoms with Crippen LogP contribution in [0.5, 0.6) is 5.75 Å². The van der Waals surface area contributed by atoms with Crippen molar-refractivity contribution >= 4 is 39.2 Å². The van der Waals surface area contributed by atoms with Gasteiger partial charge in [0.15, 0.2) is 6.54 Å². The molecule has 2 heterocycles. The summed E-state index contributed by atoms with van der Waals surface area (Å²) in [4.78, 5) is 16.0. The van der Waals surface area contributed by atoms with Gasteiger partial charge in [0, 0.05) is 16.5 Å². The Bertz CT molecular complexity index is 1210. The molecule has 3 aromatic carbocycles. The molecule has 0 bridgehead atoms. The molecule has 0 spiro atoms. The van der Waals surface area contributed by atoms with E-state index < -0.39 is 0 Å². The highest BCUT2D eigenvalue weighted by Crippen LogP contribution is 2.30. The van der Waals surface area contributed by atoms with E-state index in [-0.39, 0.29) is 5.91 Å². The van der Waals surface area contributed by atoms with E-state index in [2.05, 4.69) is 10.2 Å². The predicted molar refractivity (Wildman–Crippen MR) is 118 cm³/mol. The van der Waals surface area contributed by atoms with Crippen molar-refractivity contribution in [2.45, 2.75) is 0 Å². The minimum atomic E-state index is 0.00755. The van der Waals surface area contributed by atoms with Crippen molar-refractivity contribution in [3.63, 3.8) is 0 Å². The summed E-state index contributed by atoms with van der Waals surface area (Å²) < 4.78 is 5.85. The molecule has 1 fully saturated rings. The lowest BCUT2D eigenvalue weighted by molar-refractivity contribution is -0.892. The smallest absolute Gasteiger partial charge is 0.279 e. The van der Waals surface area contributed by atoms with E-state index in [1.54, 1.807) is 6.07 Å². The second kappa shape index (κ2) is 7.72. The highest BCUT2D eigenvalue weighted by molar-refractivity contribution is 6.06. The summed E-state index contributed by atoms with van der Waals surface area (Å²) in [6.45, 7) is 3.76. The van der Waals surface area contributed by atoms with Gasteiger partial charge in [-0.15, -0.1) is 0 Å². The van der Waals surface area contributed by atoms with Crippen molar-refractivity contribution in [1.82, 2.24) is 0 Å². The number of quaternary nitrogens is 1. The number of rotatable bonds is 4. The number of nitrogens with one attached hydrogen (secondary N) is 2. The molecule has 152 valence electrons. The van der Waals surface area contributed by atoms with E-state index in [0.717, 1.165) is 59.5 Å². The van der Waals surface area contributed by atoms with Gasteiger partial charge >= 0.3 is 0 Å². The number of carbonyl (C=O) groups excluding carboxylic acids is 1. The summed E-state index contributed by atoms with van der Waals surface area (Å²) in [7, 11) is 0. The van der Waals surface area contributed by atoms with Crippen LogP contribution in [0.15, 0.2) is 71.1 Å². The number of hydrogen-bond acceptors (Lipinski definition) is 4. The average molecular weight is 402 g/mol. The van der Waals surface area contributed by atoms with Crippen LogP contribution < -0.4 is 15.1 Å². The van der Waals surface area contributed by atoms with Gasteiger partial charge in [0.05, 0.1) is 31.9 Å². The Hall–Kier alpha value is -3.51. The van der Waals surface area contributed by atoms with Gasteiger partial charge in [-0.2, -0.15) is 0 Å². The summed E-state index contributed by atoms with van der Waals surface area (Å²) in [5.41, 5.74) is 3.32. The van der Waals surface area contributed by atoms with Gasteiger partial charge < -0.3 is 24.6 Å². The number of anilines is 2. The minimum Gasteiger partial charge on any atom is -0.506 e. The third kappa shape index (κ3) is 3.57. The van der Waals surface area contributed by atoms with E-state index in [4.69, 9.17) is 4.42 Å². The number of phenolic OH excluding ortho intramolecular Hbond substituents is 1. The third-order valence-electron chi connectivity index (χ3n) is 5.76. The third-order valence-corrected chi connectivity index (χ3v) is 5.76. The molecular weight excluding hydrogens is 378 g/mol. The number of hydrogen-bond donors (Lipinski definition) is 3. The van der Waals surface area contributed by atoms with Gasteiger partial charge in [-0.25, -0.2) is 0 Å². The molecule has 3 N–H and O–H groups in total. The Kier molecular flexibility index (Phi) is 4.77. The fourth-order valence-electron chi connectivity index (χ4n) is 4.21. The van der Waals surface area contributed by atoms with Crippen LogP contribution in [-0.4, -0.2) is 43.7 Å². The highest BCUT2D eigenvalue weighted by Gasteiger charge is 2.23. The first-order valence-electron chi connectivity index (χ1n) is 10.2. The molecule has 4 aromatic rings. The zero-order valence-electron chi connectivity index (χ0n) is 16.6. The van der Waals surface area contributed by atoms with Crippen LogP contribution >= 0.6 is 0 Å². The number of furan rings is 1. The lowest BCUT2D eigenvalue weighted by Crippen LogP contribution is -3.15. The molecule has 1 aliphatic rings. The summed E-state index contributed by atoms with van der Waals surface area (Å²) in [5, 5.41) is 15.1. The number of para-hydroxylation sites is 3. The van der Waals surface area contributed by atoms with E-state index >= 15 is 0 Å². The normalized spacial score (nSPS) is 15.0. The molecule has 0 unspecified atom stereocenters. The molecule has 6 heteroatoms. The van der Waals surface area contributed by atoms with Crippen LogP contribution in [0.2, 0.25) is 0 Å². The molecular formula is C24H24N3O3+. The molecule has 0 aliphatic carbocycles. The maximum atomic E-state index is 12.6. The highest BCUT2D eigenvalue weighted by atomic mass is 16.3. The first kappa shape index (κ1) is 18.5. The molecule has 0 atom stereocenters. The standard InChI is InChI=1S/C24H23N3O3/c28-21-7-3-2-6-20(21)27-13-11-26(12-14-27)16-24(29)25-17-9-10-23-19(15-17)18-5-1-4-8-22(18)30-23/h1-10,15,28H,11-14,16H2,(H,25,29)/p+1. The van der Waals surface area contributed by atoms with Crippen LogP contribution in [0.3, 0.4) is 0 Å². The zero-order chi connectivity index (χ0) is 20.5. The monoisotopic (exact) mass is 402 g/mol. The molecule has 1 saturated heterocycles. The van der Waals surface area contributed by atoms with Crippen LogP contribution in [0.1, 0.15) is 0 Å². The minimum absolute atomic E-state index is 0.00755. The summed E-state index contributed by atoms with van der Waals surface area (Å²) in [5.74, 6) is 0.314. The number of phenols is 1. The van der Waals surface area contributed by atoms with Gasteiger partial charge in [-0.1, -0.05) is 30.3 Å². The fraction of sp³-hybridized carbons (Fsp3) is 0.208. The lowest BCUT2D eigenvalue weighted by Gasteiger charge is -2.33. The SMILES string of the molecule is O=C(C[NH+]1CCN(c2ccccc2O)CC1)Nc1ccc2oc3ccccc3c2c1. The van der Waals surface area contributed by atoms with Crippen molar-refractivity contribution in [1.29, 1.82) is 0 Å². The molecule has 0 radical (unpaired) electrons. The van der Waals surface area contributed by atoms with Crippen molar-refractivity contribution in [2.24, 2.45) is 0 Å². The molecule has 1 aliphatic heterocycles. The maximum Gasteiger partial charge on any atom is 0.279 e. The van der Waals surface area contributed by atoms with Gasteiger partial charge in [-0.05, 0) is 36.4 Å². The number of fused-ring (bicyclic) bond motifs is 3. The van der Waals surface area contributed by atoms with Crippen molar-refractivity contribution in [3.05, 3.63) is 66.7 Å². The number of benzene rings is 3. The largest absolute Gasteiger partial charge is 0.506 e. The Labute approximate surface area is 174 Å². The lowest BCUT2D eigenvalue weighted by atomic mass is 10.1. The van der Waals surface area contributed by atoms with Gasteiger partial charge in [-0.3, -0.25) is 4.79 Å². The van der Waals surface area contributed by atoms with Crippen molar-refractivity contribution < 1.29 is 19.2 Å². The predicted octanol–water partition coefficient (Wildman–Crippen LogP) is 2.64. The topological polar surface area (TPSA) is 70.2 Å². The number of amides is 1. The molecule has 30 heavy (non-hydrogen) atoms. The number of piperazine rings is 1. The molecule has 1 aromatic heterocycles. The van der Waals surface area contributed by atoms with E-state index in [1.165, 1.54) is 4.90 Å². The van der Waals surface area contributed by atoms with Gasteiger partial charge in [0.1, 0.15) is 16.9 Å². The fourth-order valence-corrected chi connectivity index (χ4v) is 4.21. The number of carbonyl (C=O) groups is 1. The maximum absolute atomic E-state index is 12.6. The Morgan fingerprint density at radius 3 is 2.53 bits per heavy atom. The molecule has 5 rings (SSSR count). The summed E-state index contributed by atoms with van der Waals surface area (Å²) in [6.07, 6.45) is 0. The van der Waals surface area contributed by atoms with Gasteiger partial charge in [0.25, 0.3) is 5.91 Å². The van der Waals surface area contributed by atoms with E-state index in [0.29, 0.717) is 12.3 Å². The second-order valence-corrected chi connectivity index (χ2v) is 7.76. The Morgan fingerprint density at radius 1 is 0.967 bits per heavy atom. The number of nitrogens with zero attached hydrogens (tertiary/aromatic N) is 1. The zero-order valence-corrected chi connectivity index (χ0v) is 16.6. The van der Waals surface area contributed by atoms with Crippen LogP contribution in [-0.2, 0) is 4.79 Å². The average Bonchev–Trinajstić information content (AvgIpc) is 3.13. The molecule has 1 amide bonds. The molecule has 0 saturated carbocycles. The summed E-state index contributed by atoms with van der Waals surface area (Å²) in [6, 6.07) is 21.1. The van der Waals surface area contributed by atoms with Crippen LogP contribution in [0.25, 0.3) is 21.9 Å². The van der Waals surface area contributed by atoms with E-state index in [9.17, 15) is 9.90 Å². The molecule has 6 nitrogen and oxygen atoms in total. The van der Waals surface area contributed by atoms with Gasteiger partial charge in [0.2, 0.25) is 0 Å².